The molecule has 1 aromatic heterocycles. The number of esters is 1. The van der Waals surface area contributed by atoms with Gasteiger partial charge in [-0.3, -0.25) is 4.79 Å². The van der Waals surface area contributed by atoms with Crippen LogP contribution >= 0.6 is 0 Å². The van der Waals surface area contributed by atoms with Crippen LogP contribution < -0.4 is 16.5 Å². The highest BCUT2D eigenvalue weighted by Gasteiger charge is 2.31. The number of fused-ring (bicyclic) bond motifs is 1. The summed E-state index contributed by atoms with van der Waals surface area (Å²) in [6.07, 6.45) is 0.473. The summed E-state index contributed by atoms with van der Waals surface area (Å²) >= 11 is 0. The Kier molecular flexibility index (Phi) is 5.17. The fourth-order valence-electron chi connectivity index (χ4n) is 3.52. The molecule has 4 rings (SSSR count). The molecule has 2 unspecified atom stereocenters. The van der Waals surface area contributed by atoms with Crippen LogP contribution in [0.3, 0.4) is 0 Å². The third-order valence-corrected chi connectivity index (χ3v) is 5.35. The molecule has 6 nitrogen and oxygen atoms in total. The van der Waals surface area contributed by atoms with Gasteiger partial charge in [0.05, 0.1) is 0 Å². The minimum Gasteiger partial charge on any atom is -0.460 e. The van der Waals surface area contributed by atoms with Gasteiger partial charge in [-0.15, -0.1) is 0 Å². The largest absolute Gasteiger partial charge is 0.460 e. The highest BCUT2D eigenvalue weighted by molar-refractivity contribution is 5.84. The number of nitrogens with one attached hydrogen (secondary N) is 2. The lowest BCUT2D eigenvalue weighted by Gasteiger charge is -2.12. The first kappa shape index (κ1) is 19.3. The maximum absolute atomic E-state index is 13.1. The van der Waals surface area contributed by atoms with Gasteiger partial charge in [0.1, 0.15) is 24.0 Å². The number of halogens is 1. The molecule has 1 aliphatic rings. The third-order valence-electron chi connectivity index (χ3n) is 5.35. The van der Waals surface area contributed by atoms with Gasteiger partial charge in [-0.2, -0.15) is 0 Å². The molecular formula is C22H21FN2O4. The van der Waals surface area contributed by atoms with E-state index in [1.165, 1.54) is 18.2 Å². The molecule has 0 aliphatic carbocycles. The molecule has 0 radical (unpaired) electrons. The zero-order valence-electron chi connectivity index (χ0n) is 16.1. The van der Waals surface area contributed by atoms with Crippen molar-refractivity contribution in [3.63, 3.8) is 0 Å². The van der Waals surface area contributed by atoms with E-state index < -0.39 is 17.6 Å². The van der Waals surface area contributed by atoms with Crippen molar-refractivity contribution in [3.05, 3.63) is 81.0 Å². The van der Waals surface area contributed by atoms with Gasteiger partial charge >= 0.3 is 11.6 Å². The number of hydrazine groups is 1. The number of hydrogen-bond acceptors (Lipinski definition) is 6. The fraction of sp³-hybridized carbons (Fsp3) is 0.273. The number of benzene rings is 2. The number of aryl methyl sites for hydroxylation is 2. The standard InChI is InChI=1S/C22H21FN2O4/c1-12-3-8-17-15(9-20(26)29-21(17)13(12)2)11-28-22(27)19-10-18(24-25-19)14-4-6-16(23)7-5-14/h3-9,18-19,24-25H,10-11H2,1-2H3. The molecule has 2 aromatic carbocycles. The third kappa shape index (κ3) is 3.92. The molecule has 2 heterocycles. The van der Waals surface area contributed by atoms with E-state index in [1.807, 2.05) is 26.0 Å². The average Bonchev–Trinajstić information content (AvgIpc) is 3.20. The number of rotatable bonds is 4. The summed E-state index contributed by atoms with van der Waals surface area (Å²) in [5, 5.41) is 0.752. The van der Waals surface area contributed by atoms with Crippen molar-refractivity contribution in [1.29, 1.82) is 0 Å². The summed E-state index contributed by atoms with van der Waals surface area (Å²) in [5.74, 6) is -0.729. The van der Waals surface area contributed by atoms with Gasteiger partial charge in [0.25, 0.3) is 0 Å². The molecular weight excluding hydrogens is 375 g/mol. The Balaban J connectivity index is 1.46. The second-order valence-electron chi connectivity index (χ2n) is 7.26. The first-order valence-corrected chi connectivity index (χ1v) is 9.38. The van der Waals surface area contributed by atoms with Crippen LogP contribution in [-0.4, -0.2) is 12.0 Å². The predicted octanol–water partition coefficient (Wildman–Crippen LogP) is 3.20. The van der Waals surface area contributed by atoms with Crippen LogP contribution in [0.4, 0.5) is 4.39 Å². The molecule has 1 aliphatic heterocycles. The lowest BCUT2D eigenvalue weighted by atomic mass is 10.0. The van der Waals surface area contributed by atoms with Gasteiger partial charge in [0.2, 0.25) is 0 Å². The van der Waals surface area contributed by atoms with Gasteiger partial charge in [0.15, 0.2) is 0 Å². The highest BCUT2D eigenvalue weighted by atomic mass is 19.1. The van der Waals surface area contributed by atoms with E-state index in [-0.39, 0.29) is 18.5 Å². The first-order chi connectivity index (χ1) is 13.9. The second-order valence-corrected chi connectivity index (χ2v) is 7.26. The molecule has 150 valence electrons. The molecule has 0 amide bonds. The van der Waals surface area contributed by atoms with Crippen LogP contribution in [-0.2, 0) is 16.1 Å². The second kappa shape index (κ2) is 7.77. The van der Waals surface area contributed by atoms with E-state index >= 15 is 0 Å². The van der Waals surface area contributed by atoms with Crippen molar-refractivity contribution in [1.82, 2.24) is 10.9 Å². The van der Waals surface area contributed by atoms with E-state index in [1.54, 1.807) is 12.1 Å². The van der Waals surface area contributed by atoms with Crippen molar-refractivity contribution in [2.45, 2.75) is 39.0 Å². The molecule has 0 spiro atoms. The zero-order chi connectivity index (χ0) is 20.5. The quantitative estimate of drug-likeness (QED) is 0.521. The van der Waals surface area contributed by atoms with E-state index in [9.17, 15) is 14.0 Å². The monoisotopic (exact) mass is 396 g/mol. The Morgan fingerprint density at radius 1 is 1.17 bits per heavy atom. The molecule has 0 saturated carbocycles. The maximum Gasteiger partial charge on any atom is 0.336 e. The van der Waals surface area contributed by atoms with Crippen LogP contribution in [0.1, 0.15) is 34.7 Å². The van der Waals surface area contributed by atoms with Gasteiger partial charge < -0.3 is 9.15 Å². The smallest absolute Gasteiger partial charge is 0.336 e. The van der Waals surface area contributed by atoms with E-state index in [2.05, 4.69) is 10.9 Å². The Morgan fingerprint density at radius 3 is 2.69 bits per heavy atom. The van der Waals surface area contributed by atoms with Crippen molar-refractivity contribution < 1.29 is 18.3 Å². The molecule has 3 aromatic rings. The van der Waals surface area contributed by atoms with Gasteiger partial charge in [0, 0.05) is 23.1 Å². The van der Waals surface area contributed by atoms with Crippen LogP contribution in [0.25, 0.3) is 11.0 Å². The molecule has 2 atom stereocenters. The van der Waals surface area contributed by atoms with Crippen LogP contribution in [0.2, 0.25) is 0 Å². The minimum atomic E-state index is -0.541. The number of carbonyl (C=O) groups is 1. The van der Waals surface area contributed by atoms with E-state index in [0.717, 1.165) is 22.1 Å². The van der Waals surface area contributed by atoms with Crippen molar-refractivity contribution in [2.75, 3.05) is 0 Å². The number of carbonyl (C=O) groups excluding carboxylic acids is 1. The Labute approximate surface area is 166 Å². The summed E-state index contributed by atoms with van der Waals surface area (Å²) in [4.78, 5) is 24.4. The summed E-state index contributed by atoms with van der Waals surface area (Å²) in [5.41, 5.74) is 9.38. The van der Waals surface area contributed by atoms with Crippen molar-refractivity contribution in [2.24, 2.45) is 0 Å². The number of ether oxygens (including phenoxy) is 1. The molecule has 1 saturated heterocycles. The van der Waals surface area contributed by atoms with Crippen LogP contribution in [0.5, 0.6) is 0 Å². The van der Waals surface area contributed by atoms with Crippen LogP contribution in [0.15, 0.2) is 51.7 Å². The fourth-order valence-corrected chi connectivity index (χ4v) is 3.52. The lowest BCUT2D eigenvalue weighted by Crippen LogP contribution is -2.37. The predicted molar refractivity (Wildman–Crippen MR) is 106 cm³/mol. The van der Waals surface area contributed by atoms with Crippen molar-refractivity contribution in [3.8, 4) is 0 Å². The minimum absolute atomic E-state index is 0.0250. The summed E-state index contributed by atoms with van der Waals surface area (Å²) in [7, 11) is 0. The SMILES string of the molecule is Cc1ccc2c(COC(=O)C3CC(c4ccc(F)cc4)NN3)cc(=O)oc2c1C. The lowest BCUT2D eigenvalue weighted by molar-refractivity contribution is -0.147. The maximum atomic E-state index is 13.1. The van der Waals surface area contributed by atoms with E-state index in [4.69, 9.17) is 9.15 Å². The van der Waals surface area contributed by atoms with Gasteiger partial charge in [-0.25, -0.2) is 20.0 Å². The highest BCUT2D eigenvalue weighted by Crippen LogP contribution is 2.25. The molecule has 7 heteroatoms. The van der Waals surface area contributed by atoms with E-state index in [0.29, 0.717) is 17.6 Å². The molecule has 1 fully saturated rings. The topological polar surface area (TPSA) is 80.6 Å². The van der Waals surface area contributed by atoms with Crippen molar-refractivity contribution >= 4 is 16.9 Å². The normalized spacial score (nSPS) is 18.9. The average molecular weight is 396 g/mol. The Bertz CT molecular complexity index is 1120. The van der Waals surface area contributed by atoms with Gasteiger partial charge in [-0.05, 0) is 49.1 Å². The first-order valence-electron chi connectivity index (χ1n) is 9.38. The Morgan fingerprint density at radius 2 is 1.93 bits per heavy atom. The summed E-state index contributed by atoms with van der Waals surface area (Å²) < 4.78 is 23.9. The Hall–Kier alpha value is -3.03. The molecule has 2 N–H and O–H groups in total. The summed E-state index contributed by atoms with van der Waals surface area (Å²) in [6.45, 7) is 3.81. The zero-order valence-corrected chi connectivity index (χ0v) is 16.1. The molecule has 29 heavy (non-hydrogen) atoms. The number of hydrogen-bond donors (Lipinski definition) is 2. The van der Waals surface area contributed by atoms with Gasteiger partial charge in [-0.1, -0.05) is 24.3 Å². The summed E-state index contributed by atoms with van der Waals surface area (Å²) in [6, 6.07) is 10.6. The molecule has 0 bridgehead atoms. The van der Waals surface area contributed by atoms with Crippen LogP contribution in [0, 0.1) is 19.7 Å².